The predicted molar refractivity (Wildman–Crippen MR) is 134 cm³/mol. The van der Waals surface area contributed by atoms with Crippen LogP contribution in [0.3, 0.4) is 0 Å². The zero-order valence-electron chi connectivity index (χ0n) is 20.1. The van der Waals surface area contributed by atoms with Crippen LogP contribution >= 0.6 is 0 Å². The number of nitrogens with one attached hydrogen (secondary N) is 2. The number of carbonyl (C=O) groups excluding carboxylic acids is 2. The van der Waals surface area contributed by atoms with Gasteiger partial charge in [0.05, 0.1) is 30.7 Å². The van der Waals surface area contributed by atoms with Crippen molar-refractivity contribution in [2.75, 3.05) is 25.2 Å². The van der Waals surface area contributed by atoms with Crippen LogP contribution in [0.5, 0.6) is 5.75 Å². The molecule has 0 aromatic heterocycles. The zero-order valence-corrected chi connectivity index (χ0v) is 20.1. The van der Waals surface area contributed by atoms with Gasteiger partial charge >= 0.3 is 0 Å². The largest absolute Gasteiger partial charge is 0.497 e. The third kappa shape index (κ3) is 5.10. The Morgan fingerprint density at radius 3 is 2.39 bits per heavy atom. The molecule has 5 rings (SSSR count). The van der Waals surface area contributed by atoms with Crippen molar-refractivity contribution in [3.05, 3.63) is 95.8 Å². The van der Waals surface area contributed by atoms with E-state index >= 15 is 0 Å². The summed E-state index contributed by atoms with van der Waals surface area (Å²) in [7, 11) is 1.61. The molecule has 2 N–H and O–H groups in total. The van der Waals surface area contributed by atoms with Crippen molar-refractivity contribution in [2.45, 2.75) is 19.1 Å². The number of benzene rings is 3. The van der Waals surface area contributed by atoms with E-state index in [9.17, 15) is 14.0 Å². The van der Waals surface area contributed by atoms with Crippen LogP contribution in [0.4, 0.5) is 10.1 Å². The van der Waals surface area contributed by atoms with E-state index in [1.165, 1.54) is 12.1 Å². The van der Waals surface area contributed by atoms with Gasteiger partial charge in [-0.25, -0.2) is 14.8 Å². The van der Waals surface area contributed by atoms with Crippen molar-refractivity contribution >= 4 is 17.5 Å². The van der Waals surface area contributed by atoms with Crippen molar-refractivity contribution in [1.29, 1.82) is 0 Å². The fraction of sp³-hybridized carbons (Fsp3) is 0.286. The van der Waals surface area contributed by atoms with Crippen molar-refractivity contribution in [3.63, 3.8) is 0 Å². The predicted octanol–water partition coefficient (Wildman–Crippen LogP) is 3.12. The number of ether oxygens (including phenoxy) is 1. The number of nitrogens with zero attached hydrogens (tertiary/aromatic N) is 2. The van der Waals surface area contributed by atoms with Gasteiger partial charge in [0.25, 0.3) is 0 Å². The number of rotatable bonds is 7. The molecular formula is C28H29FN4O3. The Kier molecular flexibility index (Phi) is 6.97. The molecule has 0 radical (unpaired) electrons. The quantitative estimate of drug-likeness (QED) is 0.535. The Balaban J connectivity index is 1.35. The SMILES string of the molecule is COc1ccc(CNC(=O)C2CN(Cc3ccc(F)cc3)CC3C(=O)N(c4ccccc4)NC23)cc1. The van der Waals surface area contributed by atoms with E-state index in [0.29, 0.717) is 26.2 Å². The van der Waals surface area contributed by atoms with E-state index in [2.05, 4.69) is 15.6 Å². The molecule has 36 heavy (non-hydrogen) atoms. The van der Waals surface area contributed by atoms with Crippen LogP contribution in [-0.4, -0.2) is 43.0 Å². The smallest absolute Gasteiger partial charge is 0.247 e. The summed E-state index contributed by atoms with van der Waals surface area (Å²) in [6.45, 7) is 1.91. The van der Waals surface area contributed by atoms with Crippen molar-refractivity contribution in [2.24, 2.45) is 11.8 Å². The lowest BCUT2D eigenvalue weighted by molar-refractivity contribution is -0.130. The first-order valence-electron chi connectivity index (χ1n) is 12.0. The molecule has 3 atom stereocenters. The van der Waals surface area contributed by atoms with Gasteiger partial charge in [-0.1, -0.05) is 42.5 Å². The van der Waals surface area contributed by atoms with Crippen LogP contribution in [0.15, 0.2) is 78.9 Å². The molecule has 2 fully saturated rings. The molecule has 2 saturated heterocycles. The topological polar surface area (TPSA) is 73.9 Å². The number of amides is 2. The van der Waals surface area contributed by atoms with E-state index in [0.717, 1.165) is 22.6 Å². The van der Waals surface area contributed by atoms with E-state index in [1.54, 1.807) is 24.3 Å². The molecule has 2 aliphatic heterocycles. The number of para-hydroxylation sites is 1. The van der Waals surface area contributed by atoms with Gasteiger partial charge in [0, 0.05) is 26.2 Å². The highest BCUT2D eigenvalue weighted by Crippen LogP contribution is 2.32. The first-order chi connectivity index (χ1) is 17.5. The van der Waals surface area contributed by atoms with Gasteiger partial charge in [-0.15, -0.1) is 0 Å². The first-order valence-corrected chi connectivity index (χ1v) is 12.0. The van der Waals surface area contributed by atoms with Gasteiger partial charge in [0.1, 0.15) is 11.6 Å². The summed E-state index contributed by atoms with van der Waals surface area (Å²) < 4.78 is 18.6. The third-order valence-electron chi connectivity index (χ3n) is 6.89. The maximum absolute atomic E-state index is 13.4. The second-order valence-corrected chi connectivity index (χ2v) is 9.26. The second-order valence-electron chi connectivity index (χ2n) is 9.26. The Bertz CT molecular complexity index is 1200. The van der Waals surface area contributed by atoms with Crippen LogP contribution in [0.2, 0.25) is 0 Å². The highest BCUT2D eigenvalue weighted by atomic mass is 19.1. The lowest BCUT2D eigenvalue weighted by atomic mass is 9.83. The third-order valence-corrected chi connectivity index (χ3v) is 6.89. The first kappa shape index (κ1) is 24.0. The highest BCUT2D eigenvalue weighted by Gasteiger charge is 2.50. The van der Waals surface area contributed by atoms with Gasteiger partial charge in [-0.3, -0.25) is 14.5 Å². The summed E-state index contributed by atoms with van der Waals surface area (Å²) in [6.07, 6.45) is 0. The summed E-state index contributed by atoms with van der Waals surface area (Å²) in [4.78, 5) is 29.0. The van der Waals surface area contributed by atoms with E-state index in [4.69, 9.17) is 4.74 Å². The number of fused-ring (bicyclic) bond motifs is 1. The number of likely N-dealkylation sites (tertiary alicyclic amines) is 1. The van der Waals surface area contributed by atoms with Crippen LogP contribution in [0.1, 0.15) is 11.1 Å². The maximum Gasteiger partial charge on any atom is 0.247 e. The number of hydrazine groups is 1. The summed E-state index contributed by atoms with van der Waals surface area (Å²) in [5, 5.41) is 4.62. The number of anilines is 1. The molecule has 8 heteroatoms. The lowest BCUT2D eigenvalue weighted by Gasteiger charge is -2.38. The number of halogens is 1. The van der Waals surface area contributed by atoms with Crippen molar-refractivity contribution in [1.82, 2.24) is 15.6 Å². The fourth-order valence-corrected chi connectivity index (χ4v) is 4.99. The number of hydrogen-bond acceptors (Lipinski definition) is 5. The molecular weight excluding hydrogens is 459 g/mol. The number of methoxy groups -OCH3 is 1. The molecule has 0 bridgehead atoms. The van der Waals surface area contributed by atoms with Gasteiger partial charge in [-0.2, -0.15) is 0 Å². The molecule has 3 aromatic carbocycles. The maximum atomic E-state index is 13.4. The van der Waals surface area contributed by atoms with E-state index in [1.807, 2.05) is 54.6 Å². The summed E-state index contributed by atoms with van der Waals surface area (Å²) >= 11 is 0. The van der Waals surface area contributed by atoms with Gasteiger partial charge < -0.3 is 10.1 Å². The minimum Gasteiger partial charge on any atom is -0.497 e. The molecule has 186 valence electrons. The van der Waals surface area contributed by atoms with Crippen LogP contribution < -0.4 is 20.5 Å². The van der Waals surface area contributed by atoms with Gasteiger partial charge in [0.2, 0.25) is 11.8 Å². The molecule has 0 spiro atoms. The molecule has 7 nitrogen and oxygen atoms in total. The van der Waals surface area contributed by atoms with Gasteiger partial charge in [-0.05, 0) is 47.5 Å². The second kappa shape index (κ2) is 10.5. The molecule has 2 aliphatic rings. The summed E-state index contributed by atoms with van der Waals surface area (Å²) in [6, 6.07) is 23.0. The van der Waals surface area contributed by atoms with Crippen molar-refractivity contribution in [3.8, 4) is 5.75 Å². The number of carbonyl (C=O) groups is 2. The van der Waals surface area contributed by atoms with Crippen LogP contribution in [0.25, 0.3) is 0 Å². The standard InChI is InChI=1S/C28H29FN4O3/c1-36-23-13-9-19(10-14-23)15-30-27(34)24-17-32(16-20-7-11-21(29)12-8-20)18-25-26(24)31-33(28(25)35)22-5-3-2-4-6-22/h2-14,24-26,31H,15-18H2,1H3,(H,30,34). The minimum absolute atomic E-state index is 0.0528. The molecule has 2 amide bonds. The van der Waals surface area contributed by atoms with Crippen LogP contribution in [0, 0.1) is 17.7 Å². The molecule has 0 saturated carbocycles. The Hall–Kier alpha value is -3.75. The number of hydrogen-bond donors (Lipinski definition) is 2. The Morgan fingerprint density at radius 2 is 1.69 bits per heavy atom. The van der Waals surface area contributed by atoms with E-state index < -0.39 is 5.92 Å². The van der Waals surface area contributed by atoms with Gasteiger partial charge in [0.15, 0.2) is 0 Å². The van der Waals surface area contributed by atoms with E-state index in [-0.39, 0.29) is 29.6 Å². The molecule has 3 unspecified atom stereocenters. The lowest BCUT2D eigenvalue weighted by Crippen LogP contribution is -2.56. The number of piperidine rings is 1. The average Bonchev–Trinajstić information content (AvgIpc) is 3.25. The van der Waals surface area contributed by atoms with Crippen LogP contribution in [-0.2, 0) is 22.7 Å². The van der Waals surface area contributed by atoms with Crippen molar-refractivity contribution < 1.29 is 18.7 Å². The average molecular weight is 489 g/mol. The highest BCUT2D eigenvalue weighted by molar-refractivity contribution is 5.98. The Morgan fingerprint density at radius 1 is 1.00 bits per heavy atom. The molecule has 2 heterocycles. The molecule has 0 aliphatic carbocycles. The minimum atomic E-state index is -0.444. The summed E-state index contributed by atoms with van der Waals surface area (Å²) in [5.41, 5.74) is 5.97. The monoisotopic (exact) mass is 488 g/mol. The fourth-order valence-electron chi connectivity index (χ4n) is 4.99. The molecule has 3 aromatic rings. The Labute approximate surface area is 209 Å². The normalized spacial score (nSPS) is 21.8. The summed E-state index contributed by atoms with van der Waals surface area (Å²) in [5.74, 6) is -0.521. The zero-order chi connectivity index (χ0) is 25.1.